The van der Waals surface area contributed by atoms with Crippen molar-refractivity contribution in [3.63, 3.8) is 0 Å². The zero-order valence-electron chi connectivity index (χ0n) is 16.1. The van der Waals surface area contributed by atoms with Gasteiger partial charge in [0, 0.05) is 38.3 Å². The Hall–Kier alpha value is -2.47. The molecule has 1 N–H and O–H groups in total. The van der Waals surface area contributed by atoms with Crippen molar-refractivity contribution in [3.05, 3.63) is 53.7 Å². The van der Waals surface area contributed by atoms with Crippen LogP contribution in [0.5, 0.6) is 0 Å². The van der Waals surface area contributed by atoms with Crippen LogP contribution in [0.3, 0.4) is 0 Å². The minimum Gasteiger partial charge on any atom is -0.367 e. The van der Waals surface area contributed by atoms with Gasteiger partial charge in [-0.1, -0.05) is 26.0 Å². The van der Waals surface area contributed by atoms with E-state index in [4.69, 9.17) is 4.98 Å². The lowest BCUT2D eigenvalue weighted by atomic mass is 10.1. The minimum atomic E-state index is -0.218. The first-order valence-corrected chi connectivity index (χ1v) is 9.64. The van der Waals surface area contributed by atoms with Gasteiger partial charge in [-0.2, -0.15) is 0 Å². The summed E-state index contributed by atoms with van der Waals surface area (Å²) in [7, 11) is 0. The van der Waals surface area contributed by atoms with Crippen molar-refractivity contribution in [2.75, 3.05) is 31.1 Å². The SMILES string of the molecule is CC(C)c1nc2c(N3CCNCC3)ccnc2n1C(C)c1cccc(F)c1. The lowest BCUT2D eigenvalue weighted by Crippen LogP contribution is -2.43. The summed E-state index contributed by atoms with van der Waals surface area (Å²) in [5.41, 5.74) is 3.86. The molecule has 3 aromatic rings. The largest absolute Gasteiger partial charge is 0.367 e. The van der Waals surface area contributed by atoms with Crippen LogP contribution >= 0.6 is 0 Å². The number of imidazole rings is 1. The van der Waals surface area contributed by atoms with E-state index in [1.807, 2.05) is 12.3 Å². The molecule has 3 heterocycles. The van der Waals surface area contributed by atoms with Crippen LogP contribution in [0.2, 0.25) is 0 Å². The molecule has 1 saturated heterocycles. The number of halogens is 1. The molecule has 2 aromatic heterocycles. The fourth-order valence-electron chi connectivity index (χ4n) is 3.86. The van der Waals surface area contributed by atoms with Gasteiger partial charge in [-0.25, -0.2) is 14.4 Å². The summed E-state index contributed by atoms with van der Waals surface area (Å²) in [5, 5.41) is 3.39. The summed E-state index contributed by atoms with van der Waals surface area (Å²) >= 11 is 0. The number of rotatable bonds is 4. The number of nitrogens with one attached hydrogen (secondary N) is 1. The van der Waals surface area contributed by atoms with Gasteiger partial charge in [0.1, 0.15) is 17.2 Å². The monoisotopic (exact) mass is 367 g/mol. The predicted octanol–water partition coefficient (Wildman–Crippen LogP) is 3.71. The normalized spacial score (nSPS) is 16.3. The van der Waals surface area contributed by atoms with Gasteiger partial charge in [-0.15, -0.1) is 0 Å². The van der Waals surface area contributed by atoms with Crippen molar-refractivity contribution >= 4 is 16.9 Å². The second-order valence-electron chi connectivity index (χ2n) is 7.47. The number of fused-ring (bicyclic) bond motifs is 1. The summed E-state index contributed by atoms with van der Waals surface area (Å²) in [4.78, 5) is 12.0. The fraction of sp³-hybridized carbons (Fsp3) is 0.429. The van der Waals surface area contributed by atoms with Crippen molar-refractivity contribution in [1.82, 2.24) is 19.9 Å². The number of piperazine rings is 1. The van der Waals surface area contributed by atoms with E-state index < -0.39 is 0 Å². The van der Waals surface area contributed by atoms with Crippen LogP contribution in [0.15, 0.2) is 36.5 Å². The second kappa shape index (κ2) is 7.27. The molecule has 0 bridgehead atoms. The third-order valence-electron chi connectivity index (χ3n) is 5.28. The van der Waals surface area contributed by atoms with Crippen LogP contribution in [0.4, 0.5) is 10.1 Å². The van der Waals surface area contributed by atoms with E-state index in [1.54, 1.807) is 12.1 Å². The summed E-state index contributed by atoms with van der Waals surface area (Å²) in [5.74, 6) is 1.01. The molecule has 4 rings (SSSR count). The number of pyridine rings is 1. The number of nitrogens with zero attached hydrogens (tertiary/aromatic N) is 4. The highest BCUT2D eigenvalue weighted by Crippen LogP contribution is 2.33. The summed E-state index contributed by atoms with van der Waals surface area (Å²) in [6.07, 6.45) is 1.86. The standard InChI is InChI=1S/C21H26FN5/c1-14(2)20-25-19-18(26-11-9-23-10-12-26)7-8-24-21(19)27(20)15(3)16-5-4-6-17(22)13-16/h4-8,13-15,23H,9-12H2,1-3H3. The minimum absolute atomic E-state index is 0.0473. The quantitative estimate of drug-likeness (QED) is 0.764. The van der Waals surface area contributed by atoms with Crippen LogP contribution < -0.4 is 10.2 Å². The molecule has 142 valence electrons. The van der Waals surface area contributed by atoms with E-state index in [1.165, 1.54) is 6.07 Å². The van der Waals surface area contributed by atoms with Crippen molar-refractivity contribution in [1.29, 1.82) is 0 Å². The van der Waals surface area contributed by atoms with Crippen LogP contribution in [0.25, 0.3) is 11.2 Å². The fourth-order valence-corrected chi connectivity index (χ4v) is 3.86. The van der Waals surface area contributed by atoms with Crippen LogP contribution in [-0.4, -0.2) is 40.7 Å². The molecule has 0 spiro atoms. The average Bonchev–Trinajstić information content (AvgIpc) is 3.08. The van der Waals surface area contributed by atoms with Gasteiger partial charge in [0.05, 0.1) is 11.7 Å². The average molecular weight is 367 g/mol. The van der Waals surface area contributed by atoms with Gasteiger partial charge in [-0.05, 0) is 30.7 Å². The topological polar surface area (TPSA) is 46.0 Å². The Kier molecular flexibility index (Phi) is 4.83. The molecule has 1 unspecified atom stereocenters. The van der Waals surface area contributed by atoms with E-state index in [9.17, 15) is 4.39 Å². The second-order valence-corrected chi connectivity index (χ2v) is 7.47. The van der Waals surface area contributed by atoms with Crippen LogP contribution in [0.1, 0.15) is 44.1 Å². The third kappa shape index (κ3) is 3.30. The summed E-state index contributed by atoms with van der Waals surface area (Å²) in [6, 6.07) is 8.81. The lowest BCUT2D eigenvalue weighted by Gasteiger charge is -2.29. The number of hydrogen-bond donors (Lipinski definition) is 1. The predicted molar refractivity (Wildman–Crippen MR) is 107 cm³/mol. The highest BCUT2D eigenvalue weighted by molar-refractivity contribution is 5.87. The molecule has 1 aliphatic heterocycles. The lowest BCUT2D eigenvalue weighted by molar-refractivity contribution is 0.578. The smallest absolute Gasteiger partial charge is 0.162 e. The Balaban J connectivity index is 1.87. The Bertz CT molecular complexity index is 943. The Morgan fingerprint density at radius 2 is 1.89 bits per heavy atom. The summed E-state index contributed by atoms with van der Waals surface area (Å²) in [6.45, 7) is 10.2. The highest BCUT2D eigenvalue weighted by atomic mass is 19.1. The van der Waals surface area contributed by atoms with Gasteiger partial charge >= 0.3 is 0 Å². The van der Waals surface area contributed by atoms with Crippen LogP contribution in [-0.2, 0) is 0 Å². The number of anilines is 1. The number of benzene rings is 1. The molecule has 5 nitrogen and oxygen atoms in total. The Labute approximate surface area is 159 Å². The van der Waals surface area contributed by atoms with Gasteiger partial charge in [-0.3, -0.25) is 0 Å². The molecule has 0 radical (unpaired) electrons. The first-order valence-electron chi connectivity index (χ1n) is 9.64. The summed E-state index contributed by atoms with van der Waals surface area (Å²) < 4.78 is 16.0. The van der Waals surface area contributed by atoms with Crippen molar-refractivity contribution in [2.24, 2.45) is 0 Å². The van der Waals surface area contributed by atoms with E-state index in [0.29, 0.717) is 0 Å². The molecular weight excluding hydrogens is 341 g/mol. The van der Waals surface area contributed by atoms with Crippen molar-refractivity contribution in [3.8, 4) is 0 Å². The van der Waals surface area contributed by atoms with Gasteiger partial charge in [0.2, 0.25) is 0 Å². The molecular formula is C21H26FN5. The maximum Gasteiger partial charge on any atom is 0.162 e. The third-order valence-corrected chi connectivity index (χ3v) is 5.28. The van der Waals surface area contributed by atoms with E-state index in [-0.39, 0.29) is 17.8 Å². The van der Waals surface area contributed by atoms with E-state index in [0.717, 1.165) is 54.4 Å². The van der Waals surface area contributed by atoms with E-state index in [2.05, 4.69) is 46.6 Å². The Morgan fingerprint density at radius 3 is 2.59 bits per heavy atom. The first-order chi connectivity index (χ1) is 13.1. The van der Waals surface area contributed by atoms with E-state index >= 15 is 0 Å². The zero-order chi connectivity index (χ0) is 19.0. The molecule has 1 aliphatic rings. The number of aromatic nitrogens is 3. The molecule has 0 saturated carbocycles. The molecule has 1 aromatic carbocycles. The van der Waals surface area contributed by atoms with Gasteiger partial charge in [0.25, 0.3) is 0 Å². The molecule has 1 fully saturated rings. The first kappa shape index (κ1) is 17.9. The van der Waals surface area contributed by atoms with Crippen molar-refractivity contribution < 1.29 is 4.39 Å². The molecule has 1 atom stereocenters. The maximum atomic E-state index is 13.8. The van der Waals surface area contributed by atoms with Gasteiger partial charge in [0.15, 0.2) is 5.65 Å². The zero-order valence-corrected chi connectivity index (χ0v) is 16.1. The molecule has 27 heavy (non-hydrogen) atoms. The Morgan fingerprint density at radius 1 is 1.11 bits per heavy atom. The highest BCUT2D eigenvalue weighted by Gasteiger charge is 2.24. The maximum absolute atomic E-state index is 13.8. The van der Waals surface area contributed by atoms with Crippen LogP contribution in [0, 0.1) is 5.82 Å². The molecule has 6 heteroatoms. The van der Waals surface area contributed by atoms with Gasteiger partial charge < -0.3 is 14.8 Å². The molecule has 0 amide bonds. The molecule has 0 aliphatic carbocycles. The van der Waals surface area contributed by atoms with Crippen molar-refractivity contribution in [2.45, 2.75) is 32.7 Å². The number of hydrogen-bond acceptors (Lipinski definition) is 4.